The van der Waals surface area contributed by atoms with Crippen LogP contribution in [0.5, 0.6) is 0 Å². The summed E-state index contributed by atoms with van der Waals surface area (Å²) in [7, 11) is 0. The van der Waals surface area contributed by atoms with Crippen LogP contribution in [-0.4, -0.2) is 70.8 Å². The van der Waals surface area contributed by atoms with Gasteiger partial charge >= 0.3 is 0 Å². The van der Waals surface area contributed by atoms with Gasteiger partial charge in [-0.15, -0.1) is 11.3 Å². The van der Waals surface area contributed by atoms with E-state index in [9.17, 15) is 24.3 Å². The molecule has 1 heterocycles. The number of carbonyl (C=O) groups excluding carboxylic acids is 4. The number of nitrogens with two attached hydrogens (primary N) is 2. The van der Waals surface area contributed by atoms with E-state index in [4.69, 9.17) is 11.5 Å². The number of para-hydroxylation sites is 1. The number of thiazole rings is 1. The van der Waals surface area contributed by atoms with E-state index < -0.39 is 36.5 Å². The van der Waals surface area contributed by atoms with Crippen molar-refractivity contribution in [2.24, 2.45) is 22.4 Å². The third kappa shape index (κ3) is 11.5. The van der Waals surface area contributed by atoms with Crippen LogP contribution in [0.3, 0.4) is 0 Å². The number of aliphatic hydroxyl groups excluding tert-OH is 1. The zero-order valence-electron chi connectivity index (χ0n) is 26.4. The second-order valence-corrected chi connectivity index (χ2v) is 12.4. The molecular weight excluding hydrogens is 608 g/mol. The molecule has 3 rings (SSSR count). The van der Waals surface area contributed by atoms with Crippen LogP contribution in [0.1, 0.15) is 61.0 Å². The number of amides is 3. The third-order valence-corrected chi connectivity index (χ3v) is 8.08. The Labute approximate surface area is 272 Å². The van der Waals surface area contributed by atoms with Gasteiger partial charge in [-0.05, 0) is 48.4 Å². The van der Waals surface area contributed by atoms with E-state index in [1.165, 1.54) is 18.3 Å². The number of Topliss-reactive ketones (excluding diaryl/α,β-unsaturated/α-hetero) is 1. The number of rotatable bonds is 18. The first-order valence-corrected chi connectivity index (χ1v) is 16.0. The van der Waals surface area contributed by atoms with Crippen molar-refractivity contribution in [3.63, 3.8) is 0 Å². The zero-order chi connectivity index (χ0) is 33.6. The fraction of sp³-hybridized carbons (Fsp3) is 0.438. The number of carbonyl (C=O) groups is 4. The number of ketones is 1. The minimum Gasteiger partial charge on any atom is -0.394 e. The third-order valence-electron chi connectivity index (χ3n) is 7.03. The number of aliphatic hydroxyl groups is 1. The lowest BCUT2D eigenvalue weighted by molar-refractivity contribution is -0.129. The van der Waals surface area contributed by atoms with Crippen LogP contribution in [0.2, 0.25) is 0 Å². The molecule has 1 aromatic heterocycles. The highest BCUT2D eigenvalue weighted by molar-refractivity contribution is 7.20. The van der Waals surface area contributed by atoms with Crippen LogP contribution in [0.4, 0.5) is 0 Å². The van der Waals surface area contributed by atoms with Gasteiger partial charge in [0.1, 0.15) is 6.04 Å². The van der Waals surface area contributed by atoms with Gasteiger partial charge in [0.25, 0.3) is 0 Å². The molecule has 0 fully saturated rings. The Bertz CT molecular complexity index is 1470. The first-order valence-electron chi connectivity index (χ1n) is 15.2. The predicted octanol–water partition coefficient (Wildman–Crippen LogP) is 1.34. The number of hydrogen-bond donors (Lipinski definition) is 7. The number of benzene rings is 2. The van der Waals surface area contributed by atoms with E-state index in [1.807, 2.05) is 62.4 Å². The second-order valence-electron chi connectivity index (χ2n) is 11.4. The SMILES string of the molecule is CC(=O)N[C@@H](CO)C(=O)NCc1ccc(CN[C@@H](CC(C)C)C(=O)N[C@@H](CCCN=C(N)N)C(=O)c2nc3ccccc3s2)cc1. The van der Waals surface area contributed by atoms with Crippen molar-refractivity contribution < 1.29 is 24.3 Å². The largest absolute Gasteiger partial charge is 0.394 e. The van der Waals surface area contributed by atoms with Crippen LogP contribution in [0, 0.1) is 5.92 Å². The summed E-state index contributed by atoms with van der Waals surface area (Å²) >= 11 is 1.30. The van der Waals surface area contributed by atoms with Crippen molar-refractivity contribution in [3.05, 3.63) is 64.7 Å². The molecule has 0 aliphatic rings. The van der Waals surface area contributed by atoms with E-state index in [2.05, 4.69) is 31.2 Å². The van der Waals surface area contributed by atoms with Crippen molar-refractivity contribution in [1.29, 1.82) is 0 Å². The fourth-order valence-corrected chi connectivity index (χ4v) is 5.65. The van der Waals surface area contributed by atoms with Gasteiger partial charge in [0.2, 0.25) is 23.5 Å². The Kier molecular flexibility index (Phi) is 14.1. The average Bonchev–Trinajstić information content (AvgIpc) is 3.46. The number of aliphatic imine (C=N–C) groups is 1. The molecule has 9 N–H and O–H groups in total. The first kappa shape index (κ1) is 36.1. The Morgan fingerprint density at radius 2 is 1.59 bits per heavy atom. The monoisotopic (exact) mass is 652 g/mol. The smallest absolute Gasteiger partial charge is 0.245 e. The summed E-state index contributed by atoms with van der Waals surface area (Å²) < 4.78 is 0.892. The molecule has 14 heteroatoms. The molecule has 3 atom stereocenters. The molecule has 0 saturated heterocycles. The number of nitrogens with one attached hydrogen (secondary N) is 4. The Balaban J connectivity index is 1.65. The minimum absolute atomic E-state index is 0.0330. The van der Waals surface area contributed by atoms with Gasteiger partial charge in [-0.2, -0.15) is 0 Å². The summed E-state index contributed by atoms with van der Waals surface area (Å²) in [6, 6.07) is 12.6. The summed E-state index contributed by atoms with van der Waals surface area (Å²) in [4.78, 5) is 59.2. The average molecular weight is 653 g/mol. The molecule has 3 amide bonds. The quantitative estimate of drug-likeness (QED) is 0.0456. The summed E-state index contributed by atoms with van der Waals surface area (Å²) in [6.45, 7) is 5.76. The molecule has 0 spiro atoms. The number of hydrogen-bond acceptors (Lipinski definition) is 9. The molecule has 0 bridgehead atoms. The van der Waals surface area contributed by atoms with Crippen LogP contribution >= 0.6 is 11.3 Å². The van der Waals surface area contributed by atoms with E-state index in [0.717, 1.165) is 21.3 Å². The Morgan fingerprint density at radius 3 is 2.20 bits per heavy atom. The molecule has 46 heavy (non-hydrogen) atoms. The van der Waals surface area contributed by atoms with Gasteiger partial charge in [-0.1, -0.05) is 50.2 Å². The summed E-state index contributed by atoms with van der Waals surface area (Å²) in [6.07, 6.45) is 1.38. The van der Waals surface area contributed by atoms with E-state index >= 15 is 0 Å². The molecule has 0 unspecified atom stereocenters. The van der Waals surface area contributed by atoms with Crippen molar-refractivity contribution >= 4 is 51.0 Å². The highest BCUT2D eigenvalue weighted by Crippen LogP contribution is 2.23. The Hall–Kier alpha value is -4.40. The lowest BCUT2D eigenvalue weighted by atomic mass is 10.0. The topological polar surface area (TPSA) is 214 Å². The number of nitrogens with zero attached hydrogens (tertiary/aromatic N) is 2. The molecule has 0 aliphatic carbocycles. The van der Waals surface area contributed by atoms with Gasteiger partial charge in [-0.25, -0.2) is 4.98 Å². The van der Waals surface area contributed by atoms with Crippen molar-refractivity contribution in [2.75, 3.05) is 13.2 Å². The lowest BCUT2D eigenvalue weighted by Gasteiger charge is -2.24. The fourth-order valence-electron chi connectivity index (χ4n) is 4.69. The maximum atomic E-state index is 13.6. The van der Waals surface area contributed by atoms with Crippen LogP contribution in [0.15, 0.2) is 53.5 Å². The molecule has 2 aromatic carbocycles. The molecule has 0 saturated carbocycles. The molecule has 13 nitrogen and oxygen atoms in total. The highest BCUT2D eigenvalue weighted by Gasteiger charge is 2.28. The normalized spacial score (nSPS) is 13.1. The molecular formula is C32H44N8O5S. The predicted molar refractivity (Wildman–Crippen MR) is 179 cm³/mol. The second kappa shape index (κ2) is 17.9. The van der Waals surface area contributed by atoms with E-state index in [-0.39, 0.29) is 30.1 Å². The van der Waals surface area contributed by atoms with Crippen LogP contribution in [-0.2, 0) is 27.5 Å². The highest BCUT2D eigenvalue weighted by atomic mass is 32.1. The molecule has 0 radical (unpaired) electrons. The molecule has 3 aromatic rings. The van der Waals surface area contributed by atoms with Gasteiger partial charge in [0.15, 0.2) is 11.0 Å². The van der Waals surface area contributed by atoms with Crippen LogP contribution in [0.25, 0.3) is 10.2 Å². The molecule has 0 aliphatic heterocycles. The van der Waals surface area contributed by atoms with E-state index in [1.54, 1.807) is 0 Å². The van der Waals surface area contributed by atoms with Crippen molar-refractivity contribution in [2.45, 2.75) is 71.2 Å². The maximum absolute atomic E-state index is 13.6. The summed E-state index contributed by atoms with van der Waals surface area (Å²) in [5.41, 5.74) is 13.4. The standard InChI is InChI=1S/C32H44N8O5S/c1-19(2)15-25(36-16-21-10-12-22(13-11-21)17-37-29(44)26(18-41)38-20(3)42)30(45)39-24(8-6-14-35-32(33)34)28(43)31-40-23-7-4-5-9-27(23)46-31/h4-5,7,9-13,19,24-26,36,41H,6,8,14-18H2,1-3H3,(H,37,44)(H,38,42)(H,39,45)(H4,33,34,35)/t24-,25-,26-/m0/s1. The number of fused-ring (bicyclic) bond motifs is 1. The number of aromatic nitrogens is 1. The van der Waals surface area contributed by atoms with Gasteiger partial charge in [0, 0.05) is 26.6 Å². The van der Waals surface area contributed by atoms with Crippen molar-refractivity contribution in [1.82, 2.24) is 26.3 Å². The Morgan fingerprint density at radius 1 is 0.913 bits per heavy atom. The van der Waals surface area contributed by atoms with Crippen LogP contribution < -0.4 is 32.7 Å². The van der Waals surface area contributed by atoms with E-state index in [0.29, 0.717) is 37.4 Å². The summed E-state index contributed by atoms with van der Waals surface area (Å²) in [5, 5.41) is 21.1. The van der Waals surface area contributed by atoms with Gasteiger partial charge < -0.3 is 37.8 Å². The van der Waals surface area contributed by atoms with Gasteiger partial charge in [-0.3, -0.25) is 24.2 Å². The zero-order valence-corrected chi connectivity index (χ0v) is 27.2. The van der Waals surface area contributed by atoms with Gasteiger partial charge in [0.05, 0.1) is 28.9 Å². The first-order chi connectivity index (χ1) is 22.0. The minimum atomic E-state index is -1.01. The lowest BCUT2D eigenvalue weighted by Crippen LogP contribution is -2.50. The van der Waals surface area contributed by atoms with Crippen molar-refractivity contribution in [3.8, 4) is 0 Å². The maximum Gasteiger partial charge on any atom is 0.245 e. The molecule has 248 valence electrons. The number of guanidine groups is 1. The summed E-state index contributed by atoms with van der Waals surface area (Å²) in [5.74, 6) is -1.26.